The van der Waals surface area contributed by atoms with E-state index in [-0.39, 0.29) is 69.7 Å². The van der Waals surface area contributed by atoms with Gasteiger partial charge in [0.2, 0.25) is 0 Å². The van der Waals surface area contributed by atoms with Gasteiger partial charge in [0.15, 0.2) is 5.82 Å². The SMILES string of the molecule is CC1Oc2c(C(F)(F)F)c(-c3cccc4sc(N)c(C#N)c34)c(F)c3nc(OCC45CCCN4CC(=C(F)F)C5)nc(c23)N(C(C)c2cccnc2N)C1C. The predicted octanol–water partition coefficient (Wildman–Crippen LogP) is 8.61. The first-order valence-electron chi connectivity index (χ1n) is 17.6. The third-order valence-corrected chi connectivity index (χ3v) is 12.2. The molecule has 4 N–H and O–H groups in total. The molecular formula is C38H34F6N8O2S. The van der Waals surface area contributed by atoms with Gasteiger partial charge in [-0.25, -0.2) is 9.37 Å². The molecule has 2 aromatic carbocycles. The van der Waals surface area contributed by atoms with Crippen molar-refractivity contribution in [3.05, 3.63) is 70.7 Å². The maximum Gasteiger partial charge on any atom is 0.420 e. The highest BCUT2D eigenvalue weighted by Crippen LogP contribution is 2.55. The number of nitrogen functional groups attached to an aromatic ring is 2. The van der Waals surface area contributed by atoms with E-state index in [1.54, 1.807) is 43.9 Å². The lowest BCUT2D eigenvalue weighted by Crippen LogP contribution is -2.44. The fraction of sp³-hybridized carbons (Fsp3) is 0.368. The second kappa shape index (κ2) is 13.2. The highest BCUT2D eigenvalue weighted by atomic mass is 32.1. The van der Waals surface area contributed by atoms with Crippen LogP contribution in [0.4, 0.5) is 43.0 Å². The Labute approximate surface area is 315 Å². The number of rotatable bonds is 6. The van der Waals surface area contributed by atoms with Crippen LogP contribution >= 0.6 is 11.3 Å². The molecule has 17 heteroatoms. The number of anilines is 3. The molecule has 0 bridgehead atoms. The molecule has 10 nitrogen and oxygen atoms in total. The molecule has 4 atom stereocenters. The first-order valence-corrected chi connectivity index (χ1v) is 18.4. The van der Waals surface area contributed by atoms with Crippen LogP contribution in [0.1, 0.15) is 62.8 Å². The summed E-state index contributed by atoms with van der Waals surface area (Å²) in [6, 6.07) is 7.93. The summed E-state index contributed by atoms with van der Waals surface area (Å²) >= 11 is 0.994. The topological polar surface area (TPSA) is 139 Å². The summed E-state index contributed by atoms with van der Waals surface area (Å²) in [6.45, 7) is 5.61. The smallest absolute Gasteiger partial charge is 0.420 e. The van der Waals surface area contributed by atoms with E-state index in [0.29, 0.717) is 23.2 Å². The molecule has 3 aliphatic heterocycles. The van der Waals surface area contributed by atoms with Crippen LogP contribution in [-0.4, -0.2) is 57.2 Å². The minimum atomic E-state index is -5.19. The predicted molar refractivity (Wildman–Crippen MR) is 196 cm³/mol. The number of fused-ring (bicyclic) bond motifs is 2. The molecule has 0 amide bonds. The Bertz CT molecular complexity index is 2460. The highest BCUT2D eigenvalue weighted by molar-refractivity contribution is 7.23. The number of nitrogens with two attached hydrogens (primary N) is 2. The average Bonchev–Trinajstić information content (AvgIpc) is 3.79. The standard InChI is InChI=1S/C38H34F6N8O2S/c1-17-19(3)54-31-27-30(29(39)26(28(31)38(42,43)44)22-7-4-9-24-25(22)23(14-45)34(47)55-24)49-36(50-35(27)52(17)18(2)21-8-5-11-48-33(21)46)53-16-37-10-6-12-51(37)15-20(13-37)32(40)41/h4-5,7-9,11,17-19H,6,10,12-13,15-16,47H2,1-3H3,(H2,46,48). The van der Waals surface area contributed by atoms with Crippen molar-refractivity contribution >= 4 is 49.0 Å². The molecule has 0 radical (unpaired) electrons. The molecule has 0 spiro atoms. The summed E-state index contributed by atoms with van der Waals surface area (Å²) in [6.07, 6.45) is -5.05. The second-order valence-corrected chi connectivity index (χ2v) is 15.4. The summed E-state index contributed by atoms with van der Waals surface area (Å²) in [5.74, 6) is -2.00. The van der Waals surface area contributed by atoms with Crippen molar-refractivity contribution in [1.29, 1.82) is 5.26 Å². The van der Waals surface area contributed by atoms with Crippen LogP contribution < -0.4 is 25.8 Å². The van der Waals surface area contributed by atoms with Gasteiger partial charge < -0.3 is 25.8 Å². The van der Waals surface area contributed by atoms with Crippen molar-refractivity contribution in [1.82, 2.24) is 19.9 Å². The van der Waals surface area contributed by atoms with Crippen LogP contribution in [0.15, 0.2) is 48.2 Å². The van der Waals surface area contributed by atoms with Crippen LogP contribution in [0, 0.1) is 17.1 Å². The Balaban J connectivity index is 1.43. The van der Waals surface area contributed by atoms with Crippen molar-refractivity contribution in [3.63, 3.8) is 0 Å². The van der Waals surface area contributed by atoms with E-state index in [2.05, 4.69) is 15.0 Å². The van der Waals surface area contributed by atoms with Crippen LogP contribution in [-0.2, 0) is 6.18 Å². The van der Waals surface area contributed by atoms with Gasteiger partial charge in [0, 0.05) is 39.5 Å². The number of benzene rings is 2. The summed E-state index contributed by atoms with van der Waals surface area (Å²) in [5, 5.41) is 9.78. The van der Waals surface area contributed by atoms with E-state index < -0.39 is 64.2 Å². The van der Waals surface area contributed by atoms with Gasteiger partial charge in [0.1, 0.15) is 52.2 Å². The van der Waals surface area contributed by atoms with Gasteiger partial charge in [0.05, 0.1) is 28.6 Å². The van der Waals surface area contributed by atoms with Crippen LogP contribution in [0.25, 0.3) is 32.1 Å². The lowest BCUT2D eigenvalue weighted by atomic mass is 9.91. The highest BCUT2D eigenvalue weighted by Gasteiger charge is 2.49. The molecule has 3 aliphatic rings. The molecule has 5 aromatic rings. The Morgan fingerprint density at radius 1 is 1.16 bits per heavy atom. The van der Waals surface area contributed by atoms with E-state index in [1.807, 2.05) is 11.0 Å². The fourth-order valence-electron chi connectivity index (χ4n) is 8.48. The third kappa shape index (κ3) is 5.76. The monoisotopic (exact) mass is 780 g/mol. The maximum absolute atomic E-state index is 17.6. The van der Waals surface area contributed by atoms with Crippen molar-refractivity contribution in [2.45, 2.75) is 69.9 Å². The van der Waals surface area contributed by atoms with E-state index >= 15 is 17.6 Å². The molecule has 2 saturated heterocycles. The number of pyridine rings is 1. The molecule has 3 aromatic heterocycles. The van der Waals surface area contributed by atoms with Crippen LogP contribution in [0.5, 0.6) is 11.8 Å². The summed E-state index contributed by atoms with van der Waals surface area (Å²) in [5.41, 5.74) is 9.01. The van der Waals surface area contributed by atoms with Crippen molar-refractivity contribution in [2.75, 3.05) is 36.1 Å². The van der Waals surface area contributed by atoms with E-state index in [9.17, 15) is 14.0 Å². The number of alkyl halides is 3. The molecule has 8 rings (SSSR count). The van der Waals surface area contributed by atoms with Crippen molar-refractivity contribution in [2.24, 2.45) is 0 Å². The van der Waals surface area contributed by atoms with Gasteiger partial charge in [0.25, 0.3) is 6.08 Å². The molecular weight excluding hydrogens is 747 g/mol. The van der Waals surface area contributed by atoms with Gasteiger partial charge >= 0.3 is 12.2 Å². The van der Waals surface area contributed by atoms with Gasteiger partial charge in [-0.3, -0.25) is 4.90 Å². The Morgan fingerprint density at radius 2 is 1.95 bits per heavy atom. The Kier molecular flexibility index (Phi) is 8.76. The normalized spacial score (nSPS) is 21.7. The van der Waals surface area contributed by atoms with Crippen molar-refractivity contribution in [3.8, 4) is 29.0 Å². The number of nitrogens with zero attached hydrogens (tertiary/aromatic N) is 6. The van der Waals surface area contributed by atoms with E-state index in [1.165, 1.54) is 18.3 Å². The molecule has 286 valence electrons. The number of nitriles is 1. The van der Waals surface area contributed by atoms with E-state index in [0.717, 1.165) is 17.8 Å². The Morgan fingerprint density at radius 3 is 2.65 bits per heavy atom. The first-order chi connectivity index (χ1) is 26.1. The number of hydrogen-bond acceptors (Lipinski definition) is 11. The number of halogens is 6. The molecule has 6 heterocycles. The summed E-state index contributed by atoms with van der Waals surface area (Å²) in [7, 11) is 0. The molecule has 55 heavy (non-hydrogen) atoms. The lowest BCUT2D eigenvalue weighted by molar-refractivity contribution is -0.138. The van der Waals surface area contributed by atoms with E-state index in [4.69, 9.17) is 20.9 Å². The molecule has 4 unspecified atom stereocenters. The zero-order valence-electron chi connectivity index (χ0n) is 29.8. The van der Waals surface area contributed by atoms with Gasteiger partial charge in [-0.15, -0.1) is 11.3 Å². The Hall–Kier alpha value is -5.34. The lowest BCUT2D eigenvalue weighted by Gasteiger charge is -2.37. The van der Waals surface area contributed by atoms with Crippen LogP contribution in [0.3, 0.4) is 0 Å². The first kappa shape index (κ1) is 36.6. The summed E-state index contributed by atoms with van der Waals surface area (Å²) < 4.78 is 105. The zero-order valence-corrected chi connectivity index (χ0v) is 30.6. The van der Waals surface area contributed by atoms with Gasteiger partial charge in [-0.05, 0) is 64.3 Å². The minimum Gasteiger partial charge on any atom is -0.487 e. The molecule has 0 saturated carbocycles. The minimum absolute atomic E-state index is 0.00307. The fourth-order valence-corrected chi connectivity index (χ4v) is 9.43. The maximum atomic E-state index is 17.6. The second-order valence-electron chi connectivity index (χ2n) is 14.3. The summed E-state index contributed by atoms with van der Waals surface area (Å²) in [4.78, 5) is 16.9. The number of hydrogen-bond donors (Lipinski definition) is 2. The van der Waals surface area contributed by atoms with Gasteiger partial charge in [-0.1, -0.05) is 18.2 Å². The third-order valence-electron chi connectivity index (χ3n) is 11.2. The number of aromatic nitrogens is 3. The van der Waals surface area contributed by atoms with Crippen molar-refractivity contribution < 1.29 is 35.8 Å². The number of ether oxygens (including phenoxy) is 2. The average molecular weight is 781 g/mol. The quantitative estimate of drug-likeness (QED) is 0.161. The number of thiophene rings is 1. The largest absolute Gasteiger partial charge is 0.487 e. The van der Waals surface area contributed by atoms with Crippen LogP contribution in [0.2, 0.25) is 0 Å². The molecule has 2 fully saturated rings. The molecule has 0 aliphatic carbocycles. The zero-order chi connectivity index (χ0) is 39.1. The van der Waals surface area contributed by atoms with Gasteiger partial charge in [-0.2, -0.15) is 37.2 Å².